The van der Waals surface area contributed by atoms with Crippen molar-refractivity contribution in [1.82, 2.24) is 9.88 Å². The van der Waals surface area contributed by atoms with Gasteiger partial charge in [-0.05, 0) is 25.1 Å². The predicted molar refractivity (Wildman–Crippen MR) is 57.1 cm³/mol. The first kappa shape index (κ1) is 13.1. The number of nitrogens with zero attached hydrogens (tertiary/aromatic N) is 1. The van der Waals surface area contributed by atoms with E-state index in [0.717, 1.165) is 18.7 Å². The summed E-state index contributed by atoms with van der Waals surface area (Å²) in [5.41, 5.74) is 0.901. The van der Waals surface area contributed by atoms with E-state index in [2.05, 4.69) is 12.2 Å². The molecule has 1 rings (SSSR count). The van der Waals surface area contributed by atoms with Gasteiger partial charge in [-0.3, -0.25) is 0 Å². The molecule has 1 heterocycles. The summed E-state index contributed by atoms with van der Waals surface area (Å²) in [4.78, 5) is 0. The zero-order valence-electron chi connectivity index (χ0n) is 9.35. The lowest BCUT2D eigenvalue weighted by Gasteiger charge is -2.11. The summed E-state index contributed by atoms with van der Waals surface area (Å²) in [7, 11) is 0. The highest BCUT2D eigenvalue weighted by atomic mass is 19.4. The molecule has 0 radical (unpaired) electrons. The Morgan fingerprint density at radius 1 is 1.38 bits per heavy atom. The van der Waals surface area contributed by atoms with E-state index in [1.807, 2.05) is 6.07 Å². The second-order valence-electron chi connectivity index (χ2n) is 3.73. The van der Waals surface area contributed by atoms with Crippen LogP contribution in [0, 0.1) is 0 Å². The van der Waals surface area contributed by atoms with Gasteiger partial charge >= 0.3 is 6.18 Å². The lowest BCUT2D eigenvalue weighted by molar-refractivity contribution is -0.136. The first-order chi connectivity index (χ1) is 7.53. The first-order valence-corrected chi connectivity index (χ1v) is 5.44. The van der Waals surface area contributed by atoms with Crippen LogP contribution in [-0.4, -0.2) is 17.3 Å². The van der Waals surface area contributed by atoms with E-state index in [0.29, 0.717) is 6.54 Å². The summed E-state index contributed by atoms with van der Waals surface area (Å²) < 4.78 is 37.8. The highest BCUT2D eigenvalue weighted by Gasteiger charge is 2.26. The molecule has 2 nitrogen and oxygen atoms in total. The minimum Gasteiger partial charge on any atom is -0.350 e. The molecule has 0 aliphatic rings. The van der Waals surface area contributed by atoms with Crippen molar-refractivity contribution in [3.8, 4) is 0 Å². The lowest BCUT2D eigenvalue weighted by atomic mass is 10.3. The smallest absolute Gasteiger partial charge is 0.350 e. The maximum absolute atomic E-state index is 12.1. The standard InChI is InChI=1S/C11H17F3N2/c1-2-6-15-9-10-4-3-7-16(10)8-5-11(12,13)14/h3-4,7,15H,2,5-6,8-9H2,1H3. The van der Waals surface area contributed by atoms with Gasteiger partial charge in [-0.15, -0.1) is 0 Å². The normalized spacial score (nSPS) is 12.0. The van der Waals surface area contributed by atoms with Crippen molar-refractivity contribution in [3.63, 3.8) is 0 Å². The minimum atomic E-state index is -4.08. The number of hydrogen-bond donors (Lipinski definition) is 1. The molecule has 16 heavy (non-hydrogen) atoms. The zero-order chi connectivity index (χ0) is 12.0. The maximum atomic E-state index is 12.1. The van der Waals surface area contributed by atoms with E-state index in [1.54, 1.807) is 16.8 Å². The molecule has 0 spiro atoms. The molecule has 0 amide bonds. The van der Waals surface area contributed by atoms with Crippen LogP contribution in [0.1, 0.15) is 25.5 Å². The van der Waals surface area contributed by atoms with Crippen molar-refractivity contribution in [2.24, 2.45) is 0 Å². The average Bonchev–Trinajstić information content (AvgIpc) is 2.62. The Morgan fingerprint density at radius 2 is 2.12 bits per heavy atom. The minimum absolute atomic E-state index is 0.000359. The summed E-state index contributed by atoms with van der Waals surface area (Å²) in [6.45, 7) is 3.55. The van der Waals surface area contributed by atoms with Gasteiger partial charge in [0.15, 0.2) is 0 Å². The van der Waals surface area contributed by atoms with Crippen molar-refractivity contribution >= 4 is 0 Å². The van der Waals surface area contributed by atoms with Crippen LogP contribution in [-0.2, 0) is 13.1 Å². The molecular weight excluding hydrogens is 217 g/mol. The summed E-state index contributed by atoms with van der Waals surface area (Å²) in [6, 6.07) is 3.62. The number of aromatic nitrogens is 1. The molecule has 0 bridgehead atoms. The van der Waals surface area contributed by atoms with E-state index in [-0.39, 0.29) is 6.54 Å². The highest BCUT2D eigenvalue weighted by Crippen LogP contribution is 2.20. The molecule has 1 aromatic rings. The largest absolute Gasteiger partial charge is 0.390 e. The van der Waals surface area contributed by atoms with Gasteiger partial charge in [0.05, 0.1) is 6.42 Å². The van der Waals surface area contributed by atoms with Crippen molar-refractivity contribution in [3.05, 3.63) is 24.0 Å². The molecule has 1 N–H and O–H groups in total. The highest BCUT2D eigenvalue weighted by molar-refractivity contribution is 5.06. The molecule has 0 aliphatic heterocycles. The first-order valence-electron chi connectivity index (χ1n) is 5.44. The number of halogens is 3. The van der Waals surface area contributed by atoms with Crippen LogP contribution >= 0.6 is 0 Å². The molecular formula is C11H17F3N2. The van der Waals surface area contributed by atoms with Gasteiger partial charge in [0.1, 0.15) is 0 Å². The second kappa shape index (κ2) is 5.94. The Hall–Kier alpha value is -0.970. The van der Waals surface area contributed by atoms with E-state index < -0.39 is 12.6 Å². The van der Waals surface area contributed by atoms with Gasteiger partial charge in [-0.2, -0.15) is 13.2 Å². The second-order valence-corrected chi connectivity index (χ2v) is 3.73. The van der Waals surface area contributed by atoms with Crippen molar-refractivity contribution in [2.75, 3.05) is 6.54 Å². The molecule has 0 saturated heterocycles. The van der Waals surface area contributed by atoms with Gasteiger partial charge < -0.3 is 9.88 Å². The van der Waals surface area contributed by atoms with Crippen LogP contribution in [0.2, 0.25) is 0 Å². The molecule has 5 heteroatoms. The number of nitrogens with one attached hydrogen (secondary N) is 1. The molecule has 1 aromatic heterocycles. The molecule has 92 valence electrons. The van der Waals surface area contributed by atoms with Crippen LogP contribution in [0.5, 0.6) is 0 Å². The summed E-state index contributed by atoms with van der Waals surface area (Å²) in [5.74, 6) is 0. The quantitative estimate of drug-likeness (QED) is 0.749. The van der Waals surface area contributed by atoms with Crippen LogP contribution < -0.4 is 5.32 Å². The molecule has 0 saturated carbocycles. The predicted octanol–water partition coefficient (Wildman–Crippen LogP) is 2.94. The SMILES string of the molecule is CCCNCc1cccn1CCC(F)(F)F. The van der Waals surface area contributed by atoms with Crippen molar-refractivity contribution in [2.45, 2.75) is 39.0 Å². The third-order valence-corrected chi connectivity index (χ3v) is 2.29. The topological polar surface area (TPSA) is 17.0 Å². The monoisotopic (exact) mass is 234 g/mol. The number of aryl methyl sites for hydroxylation is 1. The molecule has 0 unspecified atom stereocenters. The van der Waals surface area contributed by atoms with E-state index in [4.69, 9.17) is 0 Å². The van der Waals surface area contributed by atoms with E-state index >= 15 is 0 Å². The van der Waals surface area contributed by atoms with Crippen molar-refractivity contribution in [1.29, 1.82) is 0 Å². The van der Waals surface area contributed by atoms with Gasteiger partial charge in [-0.25, -0.2) is 0 Å². The van der Waals surface area contributed by atoms with Crippen molar-refractivity contribution < 1.29 is 13.2 Å². The Bertz CT molecular complexity index is 304. The van der Waals surface area contributed by atoms with Crippen LogP contribution in [0.15, 0.2) is 18.3 Å². The maximum Gasteiger partial charge on any atom is 0.390 e. The third-order valence-electron chi connectivity index (χ3n) is 2.29. The lowest BCUT2D eigenvalue weighted by Crippen LogP contribution is -2.18. The Labute approximate surface area is 93.5 Å². The Morgan fingerprint density at radius 3 is 2.75 bits per heavy atom. The zero-order valence-corrected chi connectivity index (χ0v) is 9.35. The molecule has 0 aromatic carbocycles. The summed E-state index contributed by atoms with van der Waals surface area (Å²) in [6.07, 6.45) is -2.15. The van der Waals surface area contributed by atoms with E-state index in [9.17, 15) is 13.2 Å². The number of alkyl halides is 3. The number of hydrogen-bond acceptors (Lipinski definition) is 1. The average molecular weight is 234 g/mol. The molecule has 0 atom stereocenters. The Balaban J connectivity index is 2.44. The van der Waals surface area contributed by atoms with Crippen LogP contribution in [0.4, 0.5) is 13.2 Å². The summed E-state index contributed by atoms with van der Waals surface area (Å²) in [5, 5.41) is 3.17. The molecule has 0 aliphatic carbocycles. The van der Waals surface area contributed by atoms with Gasteiger partial charge in [0, 0.05) is 25.0 Å². The van der Waals surface area contributed by atoms with E-state index in [1.165, 1.54) is 0 Å². The van der Waals surface area contributed by atoms with Crippen LogP contribution in [0.25, 0.3) is 0 Å². The Kier molecular flexibility index (Phi) is 4.86. The van der Waals surface area contributed by atoms with Gasteiger partial charge in [0.25, 0.3) is 0 Å². The molecule has 0 fully saturated rings. The fourth-order valence-electron chi connectivity index (χ4n) is 1.47. The fourth-order valence-corrected chi connectivity index (χ4v) is 1.47. The number of rotatable bonds is 6. The van der Waals surface area contributed by atoms with Gasteiger partial charge in [-0.1, -0.05) is 6.92 Å². The summed E-state index contributed by atoms with van der Waals surface area (Å²) >= 11 is 0. The van der Waals surface area contributed by atoms with Crippen LogP contribution in [0.3, 0.4) is 0 Å². The van der Waals surface area contributed by atoms with Gasteiger partial charge in [0.2, 0.25) is 0 Å². The third kappa shape index (κ3) is 4.70. The fraction of sp³-hybridized carbons (Fsp3) is 0.636.